The Balaban J connectivity index is 1.71. The van der Waals surface area contributed by atoms with Crippen LogP contribution < -0.4 is 5.32 Å². The normalized spacial score (nSPS) is 27.4. The fourth-order valence-corrected chi connectivity index (χ4v) is 2.82. The number of amides is 1. The van der Waals surface area contributed by atoms with E-state index in [9.17, 15) is 4.79 Å². The predicted molar refractivity (Wildman–Crippen MR) is 72.6 cm³/mol. The molecular weight excluding hydrogens is 228 g/mol. The predicted octanol–water partition coefficient (Wildman–Crippen LogP) is -0.556. The summed E-state index contributed by atoms with van der Waals surface area (Å²) in [5.74, 6) is 0.322. The molecule has 0 spiro atoms. The molecule has 2 saturated heterocycles. The molecule has 2 fully saturated rings. The van der Waals surface area contributed by atoms with E-state index in [1.54, 1.807) is 0 Å². The number of hydrogen-bond acceptors (Lipinski definition) is 4. The topological polar surface area (TPSA) is 38.8 Å². The van der Waals surface area contributed by atoms with E-state index in [-0.39, 0.29) is 0 Å². The summed E-state index contributed by atoms with van der Waals surface area (Å²) in [5.41, 5.74) is 0. The zero-order valence-corrected chi connectivity index (χ0v) is 11.7. The van der Waals surface area contributed by atoms with Crippen LogP contribution in [-0.4, -0.2) is 86.1 Å². The molecule has 0 aromatic rings. The molecule has 2 rings (SSSR count). The number of hydrogen-bond donors (Lipinski definition) is 1. The minimum Gasteiger partial charge on any atom is -0.340 e. The second-order valence-corrected chi connectivity index (χ2v) is 5.53. The Morgan fingerprint density at radius 3 is 2.61 bits per heavy atom. The summed E-state index contributed by atoms with van der Waals surface area (Å²) in [4.78, 5) is 18.9. The van der Waals surface area contributed by atoms with Gasteiger partial charge < -0.3 is 15.1 Å². The van der Waals surface area contributed by atoms with E-state index in [2.05, 4.69) is 29.1 Å². The maximum Gasteiger partial charge on any atom is 0.223 e. The molecule has 2 aliphatic rings. The summed E-state index contributed by atoms with van der Waals surface area (Å²) in [6, 6.07) is 0.569. The number of carbonyl (C=O) groups excluding carboxylic acids is 1. The standard InChI is InChI=1S/C13H26N4O/c1-12-11-15(2)9-10-16(12)6-3-13(18)17-7-4-14-5-8-17/h12,14H,3-11H2,1-2H3. The van der Waals surface area contributed by atoms with Crippen molar-refractivity contribution in [1.29, 1.82) is 0 Å². The summed E-state index contributed by atoms with van der Waals surface area (Å²) >= 11 is 0. The third-order valence-corrected chi connectivity index (χ3v) is 4.05. The fraction of sp³-hybridized carbons (Fsp3) is 0.923. The van der Waals surface area contributed by atoms with Crippen molar-refractivity contribution in [3.8, 4) is 0 Å². The van der Waals surface area contributed by atoms with Crippen LogP contribution in [-0.2, 0) is 4.79 Å². The molecule has 1 amide bonds. The van der Waals surface area contributed by atoms with Crippen LogP contribution in [0.1, 0.15) is 13.3 Å². The Bertz CT molecular complexity index is 278. The molecule has 0 aromatic carbocycles. The molecule has 5 nitrogen and oxygen atoms in total. The van der Waals surface area contributed by atoms with Gasteiger partial charge in [0.25, 0.3) is 0 Å². The Morgan fingerprint density at radius 2 is 1.94 bits per heavy atom. The van der Waals surface area contributed by atoms with Gasteiger partial charge in [0, 0.05) is 64.8 Å². The highest BCUT2D eigenvalue weighted by atomic mass is 16.2. The molecule has 0 aliphatic carbocycles. The summed E-state index contributed by atoms with van der Waals surface area (Å²) in [6.45, 7) is 10.1. The molecule has 0 radical (unpaired) electrons. The molecule has 18 heavy (non-hydrogen) atoms. The van der Waals surface area contributed by atoms with E-state index in [0.29, 0.717) is 18.4 Å². The first-order valence-electron chi connectivity index (χ1n) is 7.08. The SMILES string of the molecule is CC1CN(C)CCN1CCC(=O)N1CCNCC1. The van der Waals surface area contributed by atoms with Crippen LogP contribution in [0.25, 0.3) is 0 Å². The molecule has 0 aromatic heterocycles. The van der Waals surface area contributed by atoms with Crippen molar-refractivity contribution in [3.63, 3.8) is 0 Å². The fourth-order valence-electron chi connectivity index (χ4n) is 2.82. The van der Waals surface area contributed by atoms with Gasteiger partial charge in [-0.25, -0.2) is 0 Å². The Kier molecular flexibility index (Phi) is 4.97. The second-order valence-electron chi connectivity index (χ2n) is 5.53. The number of nitrogens with zero attached hydrogens (tertiary/aromatic N) is 3. The number of nitrogens with one attached hydrogen (secondary N) is 1. The molecule has 0 bridgehead atoms. The van der Waals surface area contributed by atoms with Crippen LogP contribution >= 0.6 is 0 Å². The summed E-state index contributed by atoms with van der Waals surface area (Å²) in [6.07, 6.45) is 0.675. The van der Waals surface area contributed by atoms with Gasteiger partial charge in [0.05, 0.1) is 0 Å². The molecular formula is C13H26N4O. The van der Waals surface area contributed by atoms with Crippen molar-refractivity contribution in [2.75, 3.05) is 59.4 Å². The lowest BCUT2D eigenvalue weighted by Gasteiger charge is -2.38. The highest BCUT2D eigenvalue weighted by Crippen LogP contribution is 2.09. The van der Waals surface area contributed by atoms with Gasteiger partial charge in [-0.05, 0) is 14.0 Å². The minimum absolute atomic E-state index is 0.322. The average Bonchev–Trinajstić information content (AvgIpc) is 2.38. The Hall–Kier alpha value is -0.650. The molecule has 1 N–H and O–H groups in total. The van der Waals surface area contributed by atoms with Crippen molar-refractivity contribution in [2.45, 2.75) is 19.4 Å². The van der Waals surface area contributed by atoms with Gasteiger partial charge in [0.2, 0.25) is 5.91 Å². The monoisotopic (exact) mass is 254 g/mol. The zero-order chi connectivity index (χ0) is 13.0. The number of carbonyl (C=O) groups is 1. The van der Waals surface area contributed by atoms with E-state index < -0.39 is 0 Å². The molecule has 104 valence electrons. The maximum atomic E-state index is 12.1. The number of piperazine rings is 2. The minimum atomic E-state index is 0.322. The zero-order valence-electron chi connectivity index (χ0n) is 11.7. The smallest absolute Gasteiger partial charge is 0.223 e. The van der Waals surface area contributed by atoms with Gasteiger partial charge in [-0.2, -0.15) is 0 Å². The van der Waals surface area contributed by atoms with Crippen LogP contribution in [0.4, 0.5) is 0 Å². The second kappa shape index (κ2) is 6.50. The van der Waals surface area contributed by atoms with Gasteiger partial charge in [0.1, 0.15) is 0 Å². The molecule has 2 aliphatic heterocycles. The quantitative estimate of drug-likeness (QED) is 0.733. The number of likely N-dealkylation sites (N-methyl/N-ethyl adjacent to an activating group) is 1. The molecule has 2 heterocycles. The lowest BCUT2D eigenvalue weighted by Crippen LogP contribution is -2.52. The average molecular weight is 254 g/mol. The van der Waals surface area contributed by atoms with E-state index in [1.165, 1.54) is 0 Å². The summed E-state index contributed by atoms with van der Waals surface area (Å²) in [7, 11) is 2.17. The van der Waals surface area contributed by atoms with Crippen molar-refractivity contribution in [3.05, 3.63) is 0 Å². The van der Waals surface area contributed by atoms with E-state index in [0.717, 1.165) is 52.4 Å². The molecule has 1 atom stereocenters. The summed E-state index contributed by atoms with van der Waals surface area (Å²) in [5, 5.41) is 3.28. The van der Waals surface area contributed by atoms with Crippen LogP contribution in [0.2, 0.25) is 0 Å². The largest absolute Gasteiger partial charge is 0.340 e. The highest BCUT2D eigenvalue weighted by Gasteiger charge is 2.23. The van der Waals surface area contributed by atoms with Gasteiger partial charge in [-0.3, -0.25) is 9.69 Å². The number of rotatable bonds is 3. The van der Waals surface area contributed by atoms with E-state index in [1.807, 2.05) is 4.90 Å². The van der Waals surface area contributed by atoms with Gasteiger partial charge in [-0.15, -0.1) is 0 Å². The molecule has 5 heteroatoms. The van der Waals surface area contributed by atoms with Crippen LogP contribution in [0, 0.1) is 0 Å². The highest BCUT2D eigenvalue weighted by molar-refractivity contribution is 5.76. The molecule has 0 saturated carbocycles. The van der Waals surface area contributed by atoms with Gasteiger partial charge >= 0.3 is 0 Å². The van der Waals surface area contributed by atoms with Gasteiger partial charge in [-0.1, -0.05) is 0 Å². The van der Waals surface area contributed by atoms with Crippen LogP contribution in [0.5, 0.6) is 0 Å². The lowest BCUT2D eigenvalue weighted by atomic mass is 10.2. The van der Waals surface area contributed by atoms with Crippen molar-refractivity contribution >= 4 is 5.91 Å². The first-order chi connectivity index (χ1) is 8.66. The first kappa shape index (κ1) is 13.8. The first-order valence-corrected chi connectivity index (χ1v) is 7.08. The van der Waals surface area contributed by atoms with Crippen molar-refractivity contribution in [2.24, 2.45) is 0 Å². The maximum absolute atomic E-state index is 12.1. The molecule has 1 unspecified atom stereocenters. The van der Waals surface area contributed by atoms with Crippen molar-refractivity contribution in [1.82, 2.24) is 20.0 Å². The van der Waals surface area contributed by atoms with E-state index in [4.69, 9.17) is 0 Å². The van der Waals surface area contributed by atoms with Crippen LogP contribution in [0.15, 0.2) is 0 Å². The third kappa shape index (κ3) is 3.67. The third-order valence-electron chi connectivity index (χ3n) is 4.05. The van der Waals surface area contributed by atoms with E-state index >= 15 is 0 Å². The Morgan fingerprint density at radius 1 is 1.22 bits per heavy atom. The summed E-state index contributed by atoms with van der Waals surface area (Å²) < 4.78 is 0. The van der Waals surface area contributed by atoms with Gasteiger partial charge in [0.15, 0.2) is 0 Å². The lowest BCUT2D eigenvalue weighted by molar-refractivity contribution is -0.132. The van der Waals surface area contributed by atoms with Crippen LogP contribution in [0.3, 0.4) is 0 Å². The van der Waals surface area contributed by atoms with Crippen molar-refractivity contribution < 1.29 is 4.79 Å². The Labute approximate surface area is 110 Å².